The van der Waals surface area contributed by atoms with E-state index in [0.717, 1.165) is 12.0 Å². The Morgan fingerprint density at radius 3 is 2.71 bits per heavy atom. The molecule has 2 aromatic rings. The van der Waals surface area contributed by atoms with E-state index in [9.17, 15) is 4.79 Å². The lowest BCUT2D eigenvalue weighted by Crippen LogP contribution is -2.10. The number of nitrogens with zero attached hydrogens (tertiary/aromatic N) is 1. The second kappa shape index (κ2) is 7.28. The summed E-state index contributed by atoms with van der Waals surface area (Å²) in [5, 5.41) is 0. The van der Waals surface area contributed by atoms with Gasteiger partial charge in [0.25, 0.3) is 0 Å². The van der Waals surface area contributed by atoms with Crippen LogP contribution in [0.5, 0.6) is 5.75 Å². The fraction of sp³-hybridized carbons (Fsp3) is 0.250. The van der Waals surface area contributed by atoms with E-state index in [-0.39, 0.29) is 0 Å². The monoisotopic (exact) mass is 286 g/mol. The first-order valence-electron chi connectivity index (χ1n) is 6.79. The molecule has 1 aromatic carbocycles. The van der Waals surface area contributed by atoms with E-state index in [1.807, 2.05) is 12.1 Å². The minimum atomic E-state index is -0.406. The molecule has 0 saturated carbocycles. The number of carbonyl (C=O) groups excluding carboxylic acids is 1. The van der Waals surface area contributed by atoms with Gasteiger partial charge in [-0.05, 0) is 36.8 Å². The second-order valence-electron chi connectivity index (χ2n) is 4.43. The average molecular weight is 286 g/mol. The molecule has 0 atom stereocenters. The smallest absolute Gasteiger partial charge is 0.341 e. The van der Waals surface area contributed by atoms with Crippen LogP contribution >= 0.6 is 0 Å². The summed E-state index contributed by atoms with van der Waals surface area (Å²) in [5.41, 5.74) is 7.79. The topological polar surface area (TPSA) is 74.4 Å². The summed E-state index contributed by atoms with van der Waals surface area (Å²) in [6.07, 6.45) is 4.19. The van der Waals surface area contributed by atoms with Crippen molar-refractivity contribution in [2.45, 2.75) is 13.3 Å². The molecule has 0 bridgehead atoms. The summed E-state index contributed by atoms with van der Waals surface area (Å²) in [6.45, 7) is 2.53. The summed E-state index contributed by atoms with van der Waals surface area (Å²) in [5.74, 6) is 0.0407. The molecule has 1 heterocycles. The first-order valence-corrected chi connectivity index (χ1v) is 6.79. The number of carbonyl (C=O) groups is 1. The second-order valence-corrected chi connectivity index (χ2v) is 4.43. The molecule has 0 aliphatic heterocycles. The van der Waals surface area contributed by atoms with Crippen LogP contribution < -0.4 is 10.5 Å². The van der Waals surface area contributed by atoms with Gasteiger partial charge in [0.15, 0.2) is 0 Å². The molecule has 5 nitrogen and oxygen atoms in total. The van der Waals surface area contributed by atoms with E-state index in [1.165, 1.54) is 0 Å². The Morgan fingerprint density at radius 1 is 1.24 bits per heavy atom. The normalized spacial score (nSPS) is 10.1. The number of nitrogen functional groups attached to an aromatic ring is 1. The lowest BCUT2D eigenvalue weighted by atomic mass is 10.1. The molecule has 5 heteroatoms. The predicted molar refractivity (Wildman–Crippen MR) is 80.2 cm³/mol. The van der Waals surface area contributed by atoms with Crippen molar-refractivity contribution in [1.82, 2.24) is 4.98 Å². The molecule has 0 aliphatic rings. The molecular formula is C16H18N2O3. The Bertz CT molecular complexity index is 600. The number of anilines is 1. The molecule has 0 spiro atoms. The first-order chi connectivity index (χ1) is 10.2. The van der Waals surface area contributed by atoms with E-state index in [4.69, 9.17) is 15.2 Å². The van der Waals surface area contributed by atoms with E-state index in [2.05, 4.69) is 4.98 Å². The van der Waals surface area contributed by atoms with Crippen LogP contribution in [0.2, 0.25) is 0 Å². The van der Waals surface area contributed by atoms with Gasteiger partial charge in [-0.25, -0.2) is 4.79 Å². The van der Waals surface area contributed by atoms with Crippen LogP contribution in [0.1, 0.15) is 22.8 Å². The van der Waals surface area contributed by atoms with Crippen molar-refractivity contribution in [3.8, 4) is 5.75 Å². The van der Waals surface area contributed by atoms with E-state index < -0.39 is 5.97 Å². The third-order valence-electron chi connectivity index (χ3n) is 2.90. The number of hydrogen-bond donors (Lipinski definition) is 1. The molecule has 0 radical (unpaired) electrons. The van der Waals surface area contributed by atoms with Gasteiger partial charge >= 0.3 is 5.97 Å². The van der Waals surface area contributed by atoms with Gasteiger partial charge in [-0.15, -0.1) is 0 Å². The molecular weight excluding hydrogens is 268 g/mol. The summed E-state index contributed by atoms with van der Waals surface area (Å²) in [6, 6.07) is 8.76. The van der Waals surface area contributed by atoms with Crippen molar-refractivity contribution in [1.29, 1.82) is 0 Å². The molecule has 0 amide bonds. The van der Waals surface area contributed by atoms with Crippen molar-refractivity contribution >= 4 is 11.7 Å². The quantitative estimate of drug-likeness (QED) is 0.652. The van der Waals surface area contributed by atoms with Gasteiger partial charge in [0, 0.05) is 30.6 Å². The van der Waals surface area contributed by atoms with Gasteiger partial charge in [-0.1, -0.05) is 0 Å². The van der Waals surface area contributed by atoms with Gasteiger partial charge in [0.1, 0.15) is 11.3 Å². The zero-order valence-electron chi connectivity index (χ0n) is 11.9. The Morgan fingerprint density at radius 2 is 2.00 bits per heavy atom. The van der Waals surface area contributed by atoms with E-state index in [0.29, 0.717) is 30.2 Å². The Balaban J connectivity index is 2.04. The van der Waals surface area contributed by atoms with Crippen LogP contribution in [-0.2, 0) is 11.2 Å². The van der Waals surface area contributed by atoms with Gasteiger partial charge in [0.05, 0.1) is 13.2 Å². The molecule has 0 saturated heterocycles. The number of pyridine rings is 1. The van der Waals surface area contributed by atoms with Crippen molar-refractivity contribution in [3.63, 3.8) is 0 Å². The molecule has 2 N–H and O–H groups in total. The number of benzene rings is 1. The summed E-state index contributed by atoms with van der Waals surface area (Å²) >= 11 is 0. The maximum absolute atomic E-state index is 11.9. The van der Waals surface area contributed by atoms with Crippen molar-refractivity contribution < 1.29 is 14.3 Å². The predicted octanol–water partition coefficient (Wildman–Crippen LogP) is 2.46. The Labute approximate surface area is 123 Å². The molecule has 21 heavy (non-hydrogen) atoms. The molecule has 110 valence electrons. The van der Waals surface area contributed by atoms with Gasteiger partial charge in [-0.2, -0.15) is 0 Å². The molecule has 0 unspecified atom stereocenters. The zero-order valence-corrected chi connectivity index (χ0v) is 11.9. The third-order valence-corrected chi connectivity index (χ3v) is 2.90. The minimum Gasteiger partial charge on any atom is -0.492 e. The largest absolute Gasteiger partial charge is 0.492 e. The highest BCUT2D eigenvalue weighted by molar-refractivity contribution is 5.93. The number of aromatic nitrogens is 1. The van der Waals surface area contributed by atoms with Gasteiger partial charge < -0.3 is 15.2 Å². The summed E-state index contributed by atoms with van der Waals surface area (Å²) in [7, 11) is 0. The van der Waals surface area contributed by atoms with E-state index in [1.54, 1.807) is 37.5 Å². The Kier molecular flexibility index (Phi) is 5.15. The minimum absolute atomic E-state index is 0.319. The highest BCUT2D eigenvalue weighted by atomic mass is 16.5. The third kappa shape index (κ3) is 4.21. The summed E-state index contributed by atoms with van der Waals surface area (Å²) in [4.78, 5) is 15.8. The van der Waals surface area contributed by atoms with Crippen LogP contribution in [0.15, 0.2) is 42.7 Å². The SMILES string of the molecule is CCOC(=O)c1ccc(N)cc1OCCc1ccncc1. The first kappa shape index (κ1) is 14.8. The molecule has 0 fully saturated rings. The number of hydrogen-bond acceptors (Lipinski definition) is 5. The maximum atomic E-state index is 11.9. The summed E-state index contributed by atoms with van der Waals surface area (Å²) < 4.78 is 10.7. The average Bonchev–Trinajstić information content (AvgIpc) is 2.49. The van der Waals surface area contributed by atoms with Gasteiger partial charge in [-0.3, -0.25) is 4.98 Å². The van der Waals surface area contributed by atoms with Crippen LogP contribution in [0, 0.1) is 0 Å². The fourth-order valence-corrected chi connectivity index (χ4v) is 1.86. The lowest BCUT2D eigenvalue weighted by molar-refractivity contribution is 0.0522. The van der Waals surface area contributed by atoms with Crippen LogP contribution in [0.25, 0.3) is 0 Å². The van der Waals surface area contributed by atoms with E-state index >= 15 is 0 Å². The molecule has 1 aromatic heterocycles. The molecule has 2 rings (SSSR count). The highest BCUT2D eigenvalue weighted by Gasteiger charge is 2.14. The zero-order chi connectivity index (χ0) is 15.1. The van der Waals surface area contributed by atoms with Crippen molar-refractivity contribution in [3.05, 3.63) is 53.9 Å². The van der Waals surface area contributed by atoms with Crippen molar-refractivity contribution in [2.75, 3.05) is 18.9 Å². The van der Waals surface area contributed by atoms with Crippen LogP contribution in [-0.4, -0.2) is 24.2 Å². The van der Waals surface area contributed by atoms with Crippen LogP contribution in [0.3, 0.4) is 0 Å². The number of esters is 1. The fourth-order valence-electron chi connectivity index (χ4n) is 1.86. The number of rotatable bonds is 6. The number of nitrogens with two attached hydrogens (primary N) is 1. The van der Waals surface area contributed by atoms with Crippen molar-refractivity contribution in [2.24, 2.45) is 0 Å². The van der Waals surface area contributed by atoms with Gasteiger partial charge in [0.2, 0.25) is 0 Å². The lowest BCUT2D eigenvalue weighted by Gasteiger charge is -2.11. The maximum Gasteiger partial charge on any atom is 0.341 e. The Hall–Kier alpha value is -2.56. The standard InChI is InChI=1S/C16H18N2O3/c1-2-20-16(19)14-4-3-13(17)11-15(14)21-10-7-12-5-8-18-9-6-12/h3-6,8-9,11H,2,7,10,17H2,1H3. The molecule has 0 aliphatic carbocycles. The number of ether oxygens (including phenoxy) is 2. The van der Waals surface area contributed by atoms with Crippen LogP contribution in [0.4, 0.5) is 5.69 Å². The highest BCUT2D eigenvalue weighted by Crippen LogP contribution is 2.23.